The van der Waals surface area contributed by atoms with Gasteiger partial charge in [0, 0.05) is 19.5 Å². The largest absolute Gasteiger partial charge is 0.481 e. The number of nitrogens with one attached hydrogen (secondary N) is 1. The fourth-order valence-electron chi connectivity index (χ4n) is 2.54. The highest BCUT2D eigenvalue weighted by molar-refractivity contribution is 5.85. The smallest absolute Gasteiger partial charge is 0.303 e. The first-order valence-corrected chi connectivity index (χ1v) is 6.97. The van der Waals surface area contributed by atoms with Crippen molar-refractivity contribution in [2.75, 3.05) is 19.6 Å². The minimum atomic E-state index is -0.763. The first kappa shape index (κ1) is 17.5. The molecule has 1 heterocycles. The van der Waals surface area contributed by atoms with E-state index in [1.165, 1.54) is 0 Å². The molecule has 1 aliphatic heterocycles. The molecule has 1 aromatic carbocycles. The van der Waals surface area contributed by atoms with Gasteiger partial charge in [-0.3, -0.25) is 14.5 Å². The van der Waals surface area contributed by atoms with Gasteiger partial charge in [-0.25, -0.2) is 0 Å². The van der Waals surface area contributed by atoms with E-state index in [0.29, 0.717) is 13.0 Å². The molecule has 0 radical (unpaired) electrons. The summed E-state index contributed by atoms with van der Waals surface area (Å²) in [6.45, 7) is 2.21. The zero-order valence-corrected chi connectivity index (χ0v) is 12.6. The van der Waals surface area contributed by atoms with Gasteiger partial charge in [0.15, 0.2) is 0 Å². The van der Waals surface area contributed by atoms with Crippen molar-refractivity contribution in [1.29, 1.82) is 0 Å². The van der Waals surface area contributed by atoms with E-state index in [4.69, 9.17) is 5.11 Å². The number of carbonyl (C=O) groups excluding carboxylic acids is 1. The molecule has 1 unspecified atom stereocenters. The summed E-state index contributed by atoms with van der Waals surface area (Å²) in [5.41, 5.74) is 0.989. The Labute approximate surface area is 130 Å². The topological polar surface area (TPSA) is 69.6 Å². The highest BCUT2D eigenvalue weighted by atomic mass is 35.5. The van der Waals surface area contributed by atoms with Crippen molar-refractivity contribution in [3.8, 4) is 0 Å². The summed E-state index contributed by atoms with van der Waals surface area (Å²) in [7, 11) is 0. The van der Waals surface area contributed by atoms with Crippen LogP contribution >= 0.6 is 12.4 Å². The third kappa shape index (κ3) is 5.02. The number of carboxylic acid groups (broad SMARTS) is 1. The van der Waals surface area contributed by atoms with Crippen LogP contribution in [0, 0.1) is 0 Å². The Hall–Kier alpha value is -1.59. The molecule has 0 saturated carbocycles. The van der Waals surface area contributed by atoms with Gasteiger partial charge in [-0.15, -0.1) is 12.4 Å². The van der Waals surface area contributed by atoms with Crippen molar-refractivity contribution in [3.05, 3.63) is 35.9 Å². The van der Waals surface area contributed by atoms with Gasteiger partial charge in [0.25, 0.3) is 0 Å². The predicted octanol–water partition coefficient (Wildman–Crippen LogP) is 1.84. The molecule has 1 amide bonds. The van der Waals surface area contributed by atoms with Crippen LogP contribution in [-0.2, 0) is 9.59 Å². The molecule has 1 atom stereocenters. The standard InChI is InChI=1S/C15H20N2O3.ClH/c18-13(19)8-4-5-10-17-11-9-16-15(20)14(17)12-6-2-1-3-7-12;/h1-3,6-7,14H,4-5,8-11H2,(H,16,20)(H,18,19);1H. The molecule has 0 aliphatic carbocycles. The number of hydrogen-bond acceptors (Lipinski definition) is 3. The number of amides is 1. The molecule has 5 nitrogen and oxygen atoms in total. The summed E-state index contributed by atoms with van der Waals surface area (Å²) in [6.07, 6.45) is 1.63. The van der Waals surface area contributed by atoms with E-state index in [1.54, 1.807) is 0 Å². The van der Waals surface area contributed by atoms with Gasteiger partial charge >= 0.3 is 5.97 Å². The fourth-order valence-corrected chi connectivity index (χ4v) is 2.54. The lowest BCUT2D eigenvalue weighted by atomic mass is 10.0. The molecule has 116 valence electrons. The Bertz CT molecular complexity index is 467. The normalized spacial score (nSPS) is 18.7. The van der Waals surface area contributed by atoms with E-state index in [1.807, 2.05) is 30.3 Å². The minimum absolute atomic E-state index is 0. The summed E-state index contributed by atoms with van der Waals surface area (Å²) in [5, 5.41) is 11.5. The Balaban J connectivity index is 0.00000220. The Morgan fingerprint density at radius 2 is 2.00 bits per heavy atom. The molecule has 0 aromatic heterocycles. The first-order valence-electron chi connectivity index (χ1n) is 6.97. The maximum atomic E-state index is 12.1. The third-order valence-electron chi connectivity index (χ3n) is 3.51. The number of carbonyl (C=O) groups is 2. The fraction of sp³-hybridized carbons (Fsp3) is 0.467. The van der Waals surface area contributed by atoms with Crippen LogP contribution in [-0.4, -0.2) is 41.5 Å². The van der Waals surface area contributed by atoms with Gasteiger partial charge in [0.05, 0.1) is 0 Å². The average molecular weight is 313 g/mol. The lowest BCUT2D eigenvalue weighted by Crippen LogP contribution is -2.50. The van der Waals surface area contributed by atoms with Crippen LogP contribution in [0.4, 0.5) is 0 Å². The summed E-state index contributed by atoms with van der Waals surface area (Å²) in [4.78, 5) is 24.7. The molecule has 1 saturated heterocycles. The van der Waals surface area contributed by atoms with Gasteiger partial charge in [0.2, 0.25) is 5.91 Å². The van der Waals surface area contributed by atoms with Crippen LogP contribution in [0.3, 0.4) is 0 Å². The van der Waals surface area contributed by atoms with E-state index in [-0.39, 0.29) is 30.8 Å². The molecule has 1 aromatic rings. The molecule has 6 heteroatoms. The maximum Gasteiger partial charge on any atom is 0.303 e. The number of piperazine rings is 1. The van der Waals surface area contributed by atoms with Crippen LogP contribution in [0.5, 0.6) is 0 Å². The van der Waals surface area contributed by atoms with Crippen molar-refractivity contribution < 1.29 is 14.7 Å². The molecule has 2 rings (SSSR count). The maximum absolute atomic E-state index is 12.1. The first-order chi connectivity index (χ1) is 9.68. The minimum Gasteiger partial charge on any atom is -0.481 e. The monoisotopic (exact) mass is 312 g/mol. The van der Waals surface area contributed by atoms with Gasteiger partial charge in [-0.05, 0) is 24.9 Å². The second-order valence-electron chi connectivity index (χ2n) is 4.99. The summed E-state index contributed by atoms with van der Waals surface area (Å²) < 4.78 is 0. The zero-order chi connectivity index (χ0) is 14.4. The van der Waals surface area contributed by atoms with Crippen LogP contribution in [0.1, 0.15) is 30.9 Å². The van der Waals surface area contributed by atoms with E-state index < -0.39 is 5.97 Å². The molecule has 21 heavy (non-hydrogen) atoms. The van der Waals surface area contributed by atoms with Gasteiger partial charge in [0.1, 0.15) is 6.04 Å². The predicted molar refractivity (Wildman–Crippen MR) is 82.5 cm³/mol. The van der Waals surface area contributed by atoms with Crippen molar-refractivity contribution in [3.63, 3.8) is 0 Å². The third-order valence-corrected chi connectivity index (χ3v) is 3.51. The van der Waals surface area contributed by atoms with E-state index in [9.17, 15) is 9.59 Å². The quantitative estimate of drug-likeness (QED) is 0.786. The van der Waals surface area contributed by atoms with Crippen LogP contribution in [0.2, 0.25) is 0 Å². The second-order valence-corrected chi connectivity index (χ2v) is 4.99. The van der Waals surface area contributed by atoms with Gasteiger partial charge in [-0.2, -0.15) is 0 Å². The Morgan fingerprint density at radius 1 is 1.29 bits per heavy atom. The van der Waals surface area contributed by atoms with Crippen LogP contribution in [0.25, 0.3) is 0 Å². The molecule has 1 aliphatic rings. The van der Waals surface area contributed by atoms with E-state index >= 15 is 0 Å². The average Bonchev–Trinajstić information content (AvgIpc) is 2.44. The van der Waals surface area contributed by atoms with Crippen LogP contribution < -0.4 is 5.32 Å². The van der Waals surface area contributed by atoms with Gasteiger partial charge < -0.3 is 10.4 Å². The van der Waals surface area contributed by atoms with Gasteiger partial charge in [-0.1, -0.05) is 30.3 Å². The van der Waals surface area contributed by atoms with E-state index in [0.717, 1.165) is 25.1 Å². The van der Waals surface area contributed by atoms with Crippen molar-refractivity contribution in [1.82, 2.24) is 10.2 Å². The summed E-state index contributed by atoms with van der Waals surface area (Å²) in [5.74, 6) is -0.735. The number of aliphatic carboxylic acids is 1. The summed E-state index contributed by atoms with van der Waals surface area (Å²) in [6, 6.07) is 9.45. The number of hydrogen-bond donors (Lipinski definition) is 2. The molecule has 1 fully saturated rings. The van der Waals surface area contributed by atoms with Crippen LogP contribution in [0.15, 0.2) is 30.3 Å². The SMILES string of the molecule is Cl.O=C(O)CCCCN1CCNC(=O)C1c1ccccc1. The number of nitrogens with zero attached hydrogens (tertiary/aromatic N) is 1. The molecular formula is C15H21ClN2O3. The van der Waals surface area contributed by atoms with E-state index in [2.05, 4.69) is 10.2 Å². The Morgan fingerprint density at radius 3 is 2.67 bits per heavy atom. The molecule has 0 spiro atoms. The number of benzene rings is 1. The second kappa shape index (κ2) is 8.64. The molecular weight excluding hydrogens is 292 g/mol. The number of halogens is 1. The van der Waals surface area contributed by atoms with Crippen molar-refractivity contribution in [2.45, 2.75) is 25.3 Å². The number of unbranched alkanes of at least 4 members (excludes halogenated alkanes) is 1. The highest BCUT2D eigenvalue weighted by Gasteiger charge is 2.30. The number of carboxylic acids is 1. The highest BCUT2D eigenvalue weighted by Crippen LogP contribution is 2.23. The van der Waals surface area contributed by atoms with Crippen molar-refractivity contribution in [2.24, 2.45) is 0 Å². The summed E-state index contributed by atoms with van der Waals surface area (Å²) >= 11 is 0. The lowest BCUT2D eigenvalue weighted by Gasteiger charge is -2.35. The number of rotatable bonds is 6. The Kier molecular flexibility index (Phi) is 7.19. The lowest BCUT2D eigenvalue weighted by molar-refractivity contribution is -0.137. The molecule has 0 bridgehead atoms. The van der Waals surface area contributed by atoms with Crippen molar-refractivity contribution >= 4 is 24.3 Å². The zero-order valence-electron chi connectivity index (χ0n) is 11.8. The molecule has 2 N–H and O–H groups in total.